The Bertz CT molecular complexity index is 871. The number of anilines is 1. The molecule has 0 aliphatic carbocycles. The predicted octanol–water partition coefficient (Wildman–Crippen LogP) is 3.14. The molecule has 30 heavy (non-hydrogen) atoms. The monoisotopic (exact) mass is 414 g/mol. The van der Waals surface area contributed by atoms with Gasteiger partial charge in [0.2, 0.25) is 5.91 Å². The van der Waals surface area contributed by atoms with Gasteiger partial charge in [-0.2, -0.15) is 0 Å². The zero-order valence-electron chi connectivity index (χ0n) is 17.2. The van der Waals surface area contributed by atoms with E-state index in [0.717, 1.165) is 12.8 Å². The van der Waals surface area contributed by atoms with E-state index in [4.69, 9.17) is 13.9 Å². The van der Waals surface area contributed by atoms with Crippen LogP contribution in [0, 0.1) is 5.92 Å². The van der Waals surface area contributed by atoms with Gasteiger partial charge in [0, 0.05) is 43.4 Å². The van der Waals surface area contributed by atoms with E-state index in [-0.39, 0.29) is 17.6 Å². The van der Waals surface area contributed by atoms with Gasteiger partial charge in [-0.25, -0.2) is 0 Å². The molecule has 1 unspecified atom stereocenters. The molecule has 2 heterocycles. The number of amides is 2. The highest BCUT2D eigenvalue weighted by atomic mass is 16.5. The Balaban J connectivity index is 1.51. The van der Waals surface area contributed by atoms with E-state index in [9.17, 15) is 14.4 Å². The van der Waals surface area contributed by atoms with Crippen LogP contribution in [0.25, 0.3) is 0 Å². The number of hydrogen-bond acceptors (Lipinski definition) is 6. The summed E-state index contributed by atoms with van der Waals surface area (Å²) in [6.07, 6.45) is 4.04. The highest BCUT2D eigenvalue weighted by Gasteiger charge is 2.29. The van der Waals surface area contributed by atoms with Crippen LogP contribution >= 0.6 is 0 Å². The Morgan fingerprint density at radius 1 is 1.17 bits per heavy atom. The van der Waals surface area contributed by atoms with Gasteiger partial charge < -0.3 is 24.1 Å². The van der Waals surface area contributed by atoms with Gasteiger partial charge in [0.25, 0.3) is 11.7 Å². The van der Waals surface area contributed by atoms with Crippen molar-refractivity contribution >= 4 is 23.3 Å². The average molecular weight is 414 g/mol. The van der Waals surface area contributed by atoms with E-state index in [1.165, 1.54) is 12.3 Å². The summed E-state index contributed by atoms with van der Waals surface area (Å²) in [6.45, 7) is 1.00. The predicted molar refractivity (Wildman–Crippen MR) is 110 cm³/mol. The molecule has 1 atom stereocenters. The standard InChI is InChI=1S/C22H26N2O6/c1-28-17-11-16(12-18(13-17)29-2)23-20(25)8-7-15-5-3-9-24(14-15)22(27)21(26)19-6-4-10-30-19/h4,6,10-13,15H,3,5,7-9,14H2,1-2H3,(H,23,25). The summed E-state index contributed by atoms with van der Waals surface area (Å²) in [4.78, 5) is 38.6. The number of benzene rings is 1. The first-order valence-corrected chi connectivity index (χ1v) is 9.90. The number of carbonyl (C=O) groups excluding carboxylic acids is 3. The van der Waals surface area contributed by atoms with Crippen molar-refractivity contribution in [3.8, 4) is 11.5 Å². The van der Waals surface area contributed by atoms with E-state index in [0.29, 0.717) is 43.1 Å². The van der Waals surface area contributed by atoms with Crippen LogP contribution in [0.3, 0.4) is 0 Å². The Hall–Kier alpha value is -3.29. The first-order chi connectivity index (χ1) is 14.5. The Morgan fingerprint density at radius 3 is 2.53 bits per heavy atom. The molecule has 3 rings (SSSR count). The molecule has 8 heteroatoms. The van der Waals surface area contributed by atoms with Crippen LogP contribution in [0.15, 0.2) is 41.0 Å². The van der Waals surface area contributed by atoms with Crippen LogP contribution < -0.4 is 14.8 Å². The SMILES string of the molecule is COc1cc(NC(=O)CCC2CCCN(C(=O)C(=O)c3ccco3)C2)cc(OC)c1. The van der Waals surface area contributed by atoms with E-state index in [2.05, 4.69) is 5.32 Å². The molecular weight excluding hydrogens is 388 g/mol. The largest absolute Gasteiger partial charge is 0.497 e. The normalized spacial score (nSPS) is 16.1. The number of methoxy groups -OCH3 is 2. The summed E-state index contributed by atoms with van der Waals surface area (Å²) in [5, 5.41) is 2.86. The molecule has 0 bridgehead atoms. The lowest BCUT2D eigenvalue weighted by Gasteiger charge is -2.32. The summed E-state index contributed by atoms with van der Waals surface area (Å²) >= 11 is 0. The second kappa shape index (κ2) is 9.96. The van der Waals surface area contributed by atoms with Gasteiger partial charge >= 0.3 is 0 Å². The topological polar surface area (TPSA) is 98.1 Å². The van der Waals surface area contributed by atoms with Gasteiger partial charge in [-0.05, 0) is 37.3 Å². The molecule has 1 aromatic heterocycles. The minimum atomic E-state index is -0.634. The molecule has 1 aliphatic heterocycles. The molecule has 0 radical (unpaired) electrons. The molecular formula is C22H26N2O6. The van der Waals surface area contributed by atoms with Crippen LogP contribution in [-0.2, 0) is 9.59 Å². The fraction of sp³-hybridized carbons (Fsp3) is 0.409. The third-order valence-electron chi connectivity index (χ3n) is 5.16. The highest BCUT2D eigenvalue weighted by molar-refractivity contribution is 6.41. The minimum Gasteiger partial charge on any atom is -0.497 e. The number of hydrogen-bond donors (Lipinski definition) is 1. The maximum absolute atomic E-state index is 12.5. The number of Topliss-reactive ketones (excluding diaryl/α,β-unsaturated/α-hetero) is 1. The van der Waals surface area contributed by atoms with Crippen molar-refractivity contribution < 1.29 is 28.3 Å². The van der Waals surface area contributed by atoms with E-state index >= 15 is 0 Å². The van der Waals surface area contributed by atoms with Crippen LogP contribution in [0.4, 0.5) is 5.69 Å². The van der Waals surface area contributed by atoms with Gasteiger partial charge in [0.1, 0.15) is 11.5 Å². The smallest absolute Gasteiger partial charge is 0.298 e. The number of ether oxygens (including phenoxy) is 2. The Morgan fingerprint density at radius 2 is 1.90 bits per heavy atom. The molecule has 0 spiro atoms. The quantitative estimate of drug-likeness (QED) is 0.526. The molecule has 160 valence electrons. The third kappa shape index (κ3) is 5.40. The van der Waals surface area contributed by atoms with Gasteiger partial charge in [-0.15, -0.1) is 0 Å². The molecule has 1 saturated heterocycles. The number of furan rings is 1. The van der Waals surface area contributed by atoms with Gasteiger partial charge in [0.05, 0.1) is 20.5 Å². The van der Waals surface area contributed by atoms with Crippen molar-refractivity contribution in [2.24, 2.45) is 5.92 Å². The summed E-state index contributed by atoms with van der Waals surface area (Å²) in [5.74, 6) is 0.0842. The van der Waals surface area contributed by atoms with Crippen molar-refractivity contribution in [2.75, 3.05) is 32.6 Å². The minimum absolute atomic E-state index is 0.0511. The number of rotatable bonds is 8. The lowest BCUT2D eigenvalue weighted by Crippen LogP contribution is -2.43. The number of nitrogens with zero attached hydrogens (tertiary/aromatic N) is 1. The molecule has 1 N–H and O–H groups in total. The summed E-state index contributed by atoms with van der Waals surface area (Å²) in [5.41, 5.74) is 0.598. The van der Waals surface area contributed by atoms with E-state index in [1.54, 1.807) is 43.4 Å². The maximum Gasteiger partial charge on any atom is 0.298 e. The zero-order valence-corrected chi connectivity index (χ0v) is 17.2. The van der Waals surface area contributed by atoms with Crippen molar-refractivity contribution in [1.82, 2.24) is 4.90 Å². The summed E-state index contributed by atoms with van der Waals surface area (Å²) < 4.78 is 15.5. The van der Waals surface area contributed by atoms with Crippen molar-refractivity contribution in [1.29, 1.82) is 0 Å². The number of piperidine rings is 1. The van der Waals surface area contributed by atoms with Crippen molar-refractivity contribution in [3.63, 3.8) is 0 Å². The lowest BCUT2D eigenvalue weighted by molar-refractivity contribution is -0.128. The Labute approximate surface area is 175 Å². The highest BCUT2D eigenvalue weighted by Crippen LogP contribution is 2.26. The first-order valence-electron chi connectivity index (χ1n) is 9.90. The van der Waals surface area contributed by atoms with E-state index < -0.39 is 11.7 Å². The van der Waals surface area contributed by atoms with Gasteiger partial charge in [-0.1, -0.05) is 0 Å². The van der Waals surface area contributed by atoms with Gasteiger partial charge in [0.15, 0.2) is 5.76 Å². The summed E-state index contributed by atoms with van der Waals surface area (Å²) in [7, 11) is 3.10. The summed E-state index contributed by atoms with van der Waals surface area (Å²) in [6, 6.07) is 8.24. The number of nitrogens with one attached hydrogen (secondary N) is 1. The molecule has 2 amide bonds. The molecule has 0 saturated carbocycles. The van der Waals surface area contributed by atoms with Crippen molar-refractivity contribution in [2.45, 2.75) is 25.7 Å². The lowest BCUT2D eigenvalue weighted by atomic mass is 9.93. The number of carbonyl (C=O) groups is 3. The van der Waals surface area contributed by atoms with Crippen molar-refractivity contribution in [3.05, 3.63) is 42.4 Å². The second-order valence-corrected chi connectivity index (χ2v) is 7.25. The van der Waals surface area contributed by atoms with Crippen LogP contribution in [0.1, 0.15) is 36.2 Å². The molecule has 8 nitrogen and oxygen atoms in total. The molecule has 1 aliphatic rings. The fourth-order valence-electron chi connectivity index (χ4n) is 3.58. The second-order valence-electron chi connectivity index (χ2n) is 7.25. The average Bonchev–Trinajstić information content (AvgIpc) is 3.31. The first kappa shape index (κ1) is 21.4. The number of ketones is 1. The molecule has 2 aromatic rings. The van der Waals surface area contributed by atoms with Crippen LogP contribution in [0.2, 0.25) is 0 Å². The Kier molecular flexibility index (Phi) is 7.11. The van der Waals surface area contributed by atoms with Crippen LogP contribution in [-0.4, -0.2) is 49.8 Å². The maximum atomic E-state index is 12.5. The number of likely N-dealkylation sites (tertiary alicyclic amines) is 1. The zero-order chi connectivity index (χ0) is 21.5. The van der Waals surface area contributed by atoms with Gasteiger partial charge in [-0.3, -0.25) is 14.4 Å². The third-order valence-corrected chi connectivity index (χ3v) is 5.16. The molecule has 1 fully saturated rings. The molecule has 1 aromatic carbocycles. The van der Waals surface area contributed by atoms with Crippen LogP contribution in [0.5, 0.6) is 11.5 Å². The van der Waals surface area contributed by atoms with E-state index in [1.807, 2.05) is 0 Å². The fourth-order valence-corrected chi connectivity index (χ4v) is 3.58.